The van der Waals surface area contributed by atoms with Crippen molar-refractivity contribution in [3.63, 3.8) is 0 Å². The number of rotatable bonds is 6. The largest absolute Gasteiger partial charge is 0.310 e. The lowest BCUT2D eigenvalue weighted by molar-refractivity contribution is 0.596. The molecule has 2 aromatic heterocycles. The number of hydrogen-bond acceptors (Lipinski definition) is 4. The maximum Gasteiger partial charge on any atom is 0.155 e. The second kappa shape index (κ2) is 6.61. The van der Waals surface area contributed by atoms with Crippen LogP contribution in [0, 0.1) is 0 Å². The molecule has 1 N–H and O–H groups in total. The van der Waals surface area contributed by atoms with Gasteiger partial charge in [-0.3, -0.25) is 0 Å². The van der Waals surface area contributed by atoms with Crippen LogP contribution in [0.25, 0.3) is 5.82 Å². The quantitative estimate of drug-likeness (QED) is 0.878. The molecule has 20 heavy (non-hydrogen) atoms. The van der Waals surface area contributed by atoms with Crippen LogP contribution < -0.4 is 5.32 Å². The van der Waals surface area contributed by atoms with E-state index < -0.39 is 0 Å². The van der Waals surface area contributed by atoms with Gasteiger partial charge in [0.1, 0.15) is 5.82 Å². The van der Waals surface area contributed by atoms with E-state index in [-0.39, 0.29) is 0 Å². The van der Waals surface area contributed by atoms with Crippen molar-refractivity contribution in [1.29, 1.82) is 0 Å². The van der Waals surface area contributed by atoms with Gasteiger partial charge >= 0.3 is 0 Å². The van der Waals surface area contributed by atoms with Gasteiger partial charge in [0, 0.05) is 25.1 Å². The van der Waals surface area contributed by atoms with E-state index in [2.05, 4.69) is 54.1 Å². The van der Waals surface area contributed by atoms with Gasteiger partial charge in [-0.1, -0.05) is 20.8 Å². The van der Waals surface area contributed by atoms with Crippen molar-refractivity contribution in [3.8, 4) is 5.82 Å². The summed E-state index contributed by atoms with van der Waals surface area (Å²) in [4.78, 5) is 8.97. The zero-order valence-corrected chi connectivity index (χ0v) is 12.7. The van der Waals surface area contributed by atoms with Crippen molar-refractivity contribution >= 4 is 0 Å². The summed E-state index contributed by atoms with van der Waals surface area (Å²) in [7, 11) is 0. The van der Waals surface area contributed by atoms with Crippen molar-refractivity contribution in [3.05, 3.63) is 35.5 Å². The van der Waals surface area contributed by atoms with Crippen LogP contribution in [0.2, 0.25) is 0 Å². The monoisotopic (exact) mass is 273 g/mol. The van der Waals surface area contributed by atoms with E-state index in [0.717, 1.165) is 36.9 Å². The molecule has 0 amide bonds. The Morgan fingerprint density at radius 1 is 1.25 bits per heavy atom. The molecule has 0 bridgehead atoms. The molecule has 0 aliphatic carbocycles. The molecule has 0 spiro atoms. The Morgan fingerprint density at radius 3 is 2.70 bits per heavy atom. The first-order chi connectivity index (χ1) is 9.69. The van der Waals surface area contributed by atoms with Crippen LogP contribution >= 0.6 is 0 Å². The summed E-state index contributed by atoms with van der Waals surface area (Å²) < 4.78 is 1.86. The number of hydrogen-bond donors (Lipinski definition) is 1. The Balaban J connectivity index is 2.37. The number of nitrogens with zero attached hydrogens (tertiary/aromatic N) is 4. The van der Waals surface area contributed by atoms with Crippen molar-refractivity contribution in [2.24, 2.45) is 0 Å². The van der Waals surface area contributed by atoms with Crippen LogP contribution in [0.15, 0.2) is 18.3 Å². The van der Waals surface area contributed by atoms with Crippen LogP contribution in [0.1, 0.15) is 50.9 Å². The van der Waals surface area contributed by atoms with Crippen molar-refractivity contribution in [2.45, 2.75) is 46.6 Å². The van der Waals surface area contributed by atoms with Gasteiger partial charge in [0.2, 0.25) is 0 Å². The van der Waals surface area contributed by atoms with Gasteiger partial charge in [0.05, 0.1) is 0 Å². The predicted octanol–water partition coefficient (Wildman–Crippen LogP) is 2.46. The fourth-order valence-corrected chi connectivity index (χ4v) is 2.20. The lowest BCUT2D eigenvalue weighted by atomic mass is 10.1. The minimum atomic E-state index is 0.306. The van der Waals surface area contributed by atoms with Crippen LogP contribution in [0.5, 0.6) is 0 Å². The maximum absolute atomic E-state index is 4.54. The first-order valence-electron chi connectivity index (χ1n) is 7.34. The van der Waals surface area contributed by atoms with E-state index in [1.54, 1.807) is 0 Å². The fourth-order valence-electron chi connectivity index (χ4n) is 2.20. The van der Waals surface area contributed by atoms with E-state index in [9.17, 15) is 0 Å². The summed E-state index contributed by atoms with van der Waals surface area (Å²) in [5.41, 5.74) is 1.22. The van der Waals surface area contributed by atoms with Gasteiger partial charge in [-0.05, 0) is 31.2 Å². The fraction of sp³-hybridized carbons (Fsp3) is 0.533. The smallest absolute Gasteiger partial charge is 0.155 e. The highest BCUT2D eigenvalue weighted by atomic mass is 15.4. The SMILES string of the molecule is CCNC(C)c1ccnc(-n2nc(CC)nc2CC)c1. The second-order valence-electron chi connectivity index (χ2n) is 4.79. The lowest BCUT2D eigenvalue weighted by Gasteiger charge is -2.13. The Morgan fingerprint density at radius 2 is 2.05 bits per heavy atom. The summed E-state index contributed by atoms with van der Waals surface area (Å²) >= 11 is 0. The molecule has 1 unspecified atom stereocenters. The third kappa shape index (κ3) is 3.04. The average molecular weight is 273 g/mol. The molecule has 0 aliphatic rings. The van der Waals surface area contributed by atoms with E-state index in [0.29, 0.717) is 6.04 Å². The molecule has 0 radical (unpaired) electrons. The Bertz CT molecular complexity index is 561. The molecule has 0 aliphatic heterocycles. The van der Waals surface area contributed by atoms with Gasteiger partial charge < -0.3 is 5.32 Å². The first-order valence-corrected chi connectivity index (χ1v) is 7.34. The number of aryl methyl sites for hydroxylation is 2. The molecular formula is C15H23N5. The molecule has 5 nitrogen and oxygen atoms in total. The number of aromatic nitrogens is 4. The maximum atomic E-state index is 4.54. The lowest BCUT2D eigenvalue weighted by Crippen LogP contribution is -2.18. The van der Waals surface area contributed by atoms with Crippen molar-refractivity contribution in [1.82, 2.24) is 25.1 Å². The van der Waals surface area contributed by atoms with Crippen LogP contribution in [-0.2, 0) is 12.8 Å². The average Bonchev–Trinajstić information content (AvgIpc) is 2.91. The molecule has 0 aromatic carbocycles. The highest BCUT2D eigenvalue weighted by Crippen LogP contribution is 2.16. The highest BCUT2D eigenvalue weighted by Gasteiger charge is 2.12. The molecule has 2 heterocycles. The Kier molecular flexibility index (Phi) is 4.84. The zero-order valence-electron chi connectivity index (χ0n) is 12.7. The third-order valence-corrected chi connectivity index (χ3v) is 3.35. The molecule has 0 saturated carbocycles. The molecule has 1 atom stereocenters. The summed E-state index contributed by atoms with van der Waals surface area (Å²) in [5, 5.41) is 7.95. The molecule has 5 heteroatoms. The standard InChI is InChI=1S/C15H23N5/c1-5-13-18-14(6-2)20(19-13)15-10-12(8-9-17-15)11(4)16-7-3/h8-11,16H,5-7H2,1-4H3. The van der Waals surface area contributed by atoms with Crippen molar-refractivity contribution in [2.75, 3.05) is 6.54 Å². The highest BCUT2D eigenvalue weighted by molar-refractivity contribution is 5.29. The summed E-state index contributed by atoms with van der Waals surface area (Å²) in [5.74, 6) is 2.67. The van der Waals surface area contributed by atoms with Crippen LogP contribution in [0.4, 0.5) is 0 Å². The number of pyridine rings is 1. The summed E-state index contributed by atoms with van der Waals surface area (Å²) in [6.07, 6.45) is 3.53. The van der Waals surface area contributed by atoms with Gasteiger partial charge in [-0.25, -0.2) is 9.97 Å². The second-order valence-corrected chi connectivity index (χ2v) is 4.79. The zero-order chi connectivity index (χ0) is 14.5. The first kappa shape index (κ1) is 14.7. The van der Waals surface area contributed by atoms with Gasteiger partial charge in [-0.15, -0.1) is 5.10 Å². The van der Waals surface area contributed by atoms with E-state index in [1.807, 2.05) is 16.9 Å². The predicted molar refractivity (Wildman–Crippen MR) is 80.0 cm³/mol. The summed E-state index contributed by atoms with van der Waals surface area (Å²) in [6, 6.07) is 4.43. The third-order valence-electron chi connectivity index (χ3n) is 3.35. The van der Waals surface area contributed by atoms with Crippen LogP contribution in [-0.4, -0.2) is 26.3 Å². The summed E-state index contributed by atoms with van der Waals surface area (Å²) in [6.45, 7) is 9.37. The van der Waals surface area contributed by atoms with Crippen molar-refractivity contribution < 1.29 is 0 Å². The topological polar surface area (TPSA) is 55.6 Å². The molecular weight excluding hydrogens is 250 g/mol. The van der Waals surface area contributed by atoms with Crippen LogP contribution in [0.3, 0.4) is 0 Å². The van der Waals surface area contributed by atoms with E-state index in [4.69, 9.17) is 0 Å². The van der Waals surface area contributed by atoms with E-state index in [1.165, 1.54) is 5.56 Å². The van der Waals surface area contributed by atoms with E-state index >= 15 is 0 Å². The minimum absolute atomic E-state index is 0.306. The molecule has 2 rings (SSSR count). The van der Waals surface area contributed by atoms with Gasteiger partial charge in [-0.2, -0.15) is 4.68 Å². The number of nitrogens with one attached hydrogen (secondary N) is 1. The minimum Gasteiger partial charge on any atom is -0.310 e. The molecule has 0 saturated heterocycles. The normalized spacial score (nSPS) is 12.6. The Labute approximate surface area is 120 Å². The molecule has 2 aromatic rings. The Hall–Kier alpha value is -1.75. The molecule has 0 fully saturated rings. The van der Waals surface area contributed by atoms with Gasteiger partial charge in [0.15, 0.2) is 11.6 Å². The van der Waals surface area contributed by atoms with Gasteiger partial charge in [0.25, 0.3) is 0 Å². The molecule has 108 valence electrons.